The van der Waals surface area contributed by atoms with Gasteiger partial charge < -0.3 is 15.4 Å². The Morgan fingerprint density at radius 2 is 1.91 bits per heavy atom. The number of hydrogen-bond donors (Lipinski definition) is 1. The number of nitrogens with two attached hydrogens (primary N) is 1. The van der Waals surface area contributed by atoms with Crippen molar-refractivity contribution < 1.29 is 9.53 Å². The molecule has 0 saturated heterocycles. The van der Waals surface area contributed by atoms with Crippen molar-refractivity contribution in [1.82, 2.24) is 4.90 Å². The van der Waals surface area contributed by atoms with Gasteiger partial charge in [-0.3, -0.25) is 4.79 Å². The maximum atomic E-state index is 12.3. The molecule has 0 aliphatic carbocycles. The van der Waals surface area contributed by atoms with Gasteiger partial charge in [-0.05, 0) is 47.3 Å². The second-order valence-corrected chi connectivity index (χ2v) is 6.50. The Hall–Kier alpha value is -0.780. The van der Waals surface area contributed by atoms with Gasteiger partial charge in [0, 0.05) is 19.6 Å². The maximum absolute atomic E-state index is 12.3. The fourth-order valence-electron chi connectivity index (χ4n) is 1.88. The molecule has 0 spiro atoms. The van der Waals surface area contributed by atoms with E-state index in [4.69, 9.17) is 10.5 Å². The van der Waals surface area contributed by atoms with Crippen LogP contribution in [0.25, 0.3) is 0 Å². The Bertz CT molecular complexity index is 471. The third-order valence-corrected chi connectivity index (χ3v) is 4.17. The molecule has 0 fully saturated rings. The molecule has 2 atom stereocenters. The molecule has 4 nitrogen and oxygen atoms in total. The smallest absolute Gasteiger partial charge is 0.263 e. The van der Waals surface area contributed by atoms with Gasteiger partial charge in [0.25, 0.3) is 5.91 Å². The number of benzene rings is 1. The van der Waals surface area contributed by atoms with Gasteiger partial charge in [-0.1, -0.05) is 26.0 Å². The van der Waals surface area contributed by atoms with E-state index in [9.17, 15) is 4.79 Å². The lowest BCUT2D eigenvalue weighted by Gasteiger charge is -2.24. The van der Waals surface area contributed by atoms with Crippen molar-refractivity contribution in [2.24, 2.45) is 11.7 Å². The number of halogens is 2. The minimum absolute atomic E-state index is 0. The number of carbonyl (C=O) groups is 1. The molecule has 1 aromatic carbocycles. The average Bonchev–Trinajstić information content (AvgIpc) is 2.45. The first-order valence-corrected chi connectivity index (χ1v) is 8.04. The third-order valence-electron chi connectivity index (χ3n) is 3.52. The van der Waals surface area contributed by atoms with Gasteiger partial charge >= 0.3 is 0 Å². The summed E-state index contributed by atoms with van der Waals surface area (Å²) in [6, 6.07) is 7.62. The highest BCUT2D eigenvalue weighted by molar-refractivity contribution is 9.10. The van der Waals surface area contributed by atoms with E-state index in [1.807, 2.05) is 24.3 Å². The van der Waals surface area contributed by atoms with E-state index >= 15 is 0 Å². The SMILES string of the molecule is CC(Oc1ccccc1Br)C(=O)N(C)CCC(N)C(C)C.Cl. The van der Waals surface area contributed by atoms with Gasteiger partial charge in [-0.2, -0.15) is 0 Å². The lowest BCUT2D eigenvalue weighted by Crippen LogP contribution is -2.40. The van der Waals surface area contributed by atoms with Crippen LogP contribution in [-0.4, -0.2) is 36.5 Å². The molecule has 0 aromatic heterocycles. The van der Waals surface area contributed by atoms with E-state index in [2.05, 4.69) is 29.8 Å². The Morgan fingerprint density at radius 3 is 2.45 bits per heavy atom. The van der Waals surface area contributed by atoms with Crippen LogP contribution < -0.4 is 10.5 Å². The number of hydrogen-bond acceptors (Lipinski definition) is 3. The molecule has 0 aliphatic heterocycles. The zero-order valence-corrected chi connectivity index (χ0v) is 16.0. The number of carbonyl (C=O) groups excluding carboxylic acids is 1. The number of rotatable bonds is 7. The normalized spacial score (nSPS) is 13.2. The lowest BCUT2D eigenvalue weighted by molar-refractivity contribution is -0.136. The fourth-order valence-corrected chi connectivity index (χ4v) is 2.26. The van der Waals surface area contributed by atoms with E-state index in [0.29, 0.717) is 18.2 Å². The van der Waals surface area contributed by atoms with Gasteiger partial charge in [-0.25, -0.2) is 0 Å². The van der Waals surface area contributed by atoms with Crippen molar-refractivity contribution in [1.29, 1.82) is 0 Å². The quantitative estimate of drug-likeness (QED) is 0.771. The summed E-state index contributed by atoms with van der Waals surface area (Å²) in [4.78, 5) is 14.0. The van der Waals surface area contributed by atoms with Crippen molar-refractivity contribution in [3.63, 3.8) is 0 Å². The lowest BCUT2D eigenvalue weighted by atomic mass is 10.0. The van der Waals surface area contributed by atoms with E-state index < -0.39 is 6.10 Å². The molecule has 0 heterocycles. The van der Waals surface area contributed by atoms with Crippen LogP contribution in [0.1, 0.15) is 27.2 Å². The molecule has 126 valence electrons. The molecule has 6 heteroatoms. The van der Waals surface area contributed by atoms with Gasteiger partial charge in [0.2, 0.25) is 0 Å². The molecule has 0 saturated carbocycles. The first kappa shape index (κ1) is 21.2. The minimum Gasteiger partial charge on any atom is -0.480 e. The number of likely N-dealkylation sites (N-methyl/N-ethyl adjacent to an activating group) is 1. The summed E-state index contributed by atoms with van der Waals surface area (Å²) in [5, 5.41) is 0. The largest absolute Gasteiger partial charge is 0.480 e. The predicted molar refractivity (Wildman–Crippen MR) is 96.5 cm³/mol. The van der Waals surface area contributed by atoms with Crippen LogP contribution in [0.2, 0.25) is 0 Å². The Balaban J connectivity index is 0.00000441. The highest BCUT2D eigenvalue weighted by Crippen LogP contribution is 2.25. The molecular formula is C16H26BrClN2O2. The highest BCUT2D eigenvalue weighted by Gasteiger charge is 2.20. The molecule has 1 aromatic rings. The highest BCUT2D eigenvalue weighted by atomic mass is 79.9. The summed E-state index contributed by atoms with van der Waals surface area (Å²) in [7, 11) is 1.79. The van der Waals surface area contributed by atoms with Gasteiger partial charge in [0.1, 0.15) is 5.75 Å². The second-order valence-electron chi connectivity index (χ2n) is 5.65. The molecule has 2 unspecified atom stereocenters. The van der Waals surface area contributed by atoms with Crippen LogP contribution in [0.3, 0.4) is 0 Å². The van der Waals surface area contributed by atoms with Crippen molar-refractivity contribution in [2.45, 2.75) is 39.3 Å². The molecule has 1 rings (SSSR count). The predicted octanol–water partition coefficient (Wildman–Crippen LogP) is 3.47. The molecule has 0 aliphatic rings. The van der Waals surface area contributed by atoms with Crippen LogP contribution in [0.15, 0.2) is 28.7 Å². The molecular weight excluding hydrogens is 368 g/mol. The first-order chi connectivity index (χ1) is 9.82. The Morgan fingerprint density at radius 1 is 1.32 bits per heavy atom. The summed E-state index contributed by atoms with van der Waals surface area (Å²) < 4.78 is 6.55. The van der Waals surface area contributed by atoms with Crippen LogP contribution in [0.5, 0.6) is 5.75 Å². The van der Waals surface area contributed by atoms with Crippen LogP contribution >= 0.6 is 28.3 Å². The topological polar surface area (TPSA) is 55.6 Å². The number of amides is 1. The first-order valence-electron chi connectivity index (χ1n) is 7.24. The average molecular weight is 394 g/mol. The number of ether oxygens (including phenoxy) is 1. The summed E-state index contributed by atoms with van der Waals surface area (Å²) in [6.45, 7) is 6.58. The Labute approximate surface area is 147 Å². The van der Waals surface area contributed by atoms with E-state index in [1.54, 1.807) is 18.9 Å². The summed E-state index contributed by atoms with van der Waals surface area (Å²) >= 11 is 3.41. The molecule has 1 amide bonds. The molecule has 0 radical (unpaired) electrons. The van der Waals surface area contributed by atoms with Gasteiger partial charge in [0.05, 0.1) is 4.47 Å². The minimum atomic E-state index is -0.524. The molecule has 0 bridgehead atoms. The zero-order valence-electron chi connectivity index (χ0n) is 13.6. The number of para-hydroxylation sites is 1. The number of nitrogens with zero attached hydrogens (tertiary/aromatic N) is 1. The summed E-state index contributed by atoms with van der Waals surface area (Å²) in [6.07, 6.45) is 0.269. The van der Waals surface area contributed by atoms with Crippen molar-refractivity contribution in [3.8, 4) is 5.75 Å². The van der Waals surface area contributed by atoms with Crippen molar-refractivity contribution in [3.05, 3.63) is 28.7 Å². The second kappa shape index (κ2) is 10.1. The summed E-state index contributed by atoms with van der Waals surface area (Å²) in [5.74, 6) is 1.05. The van der Waals surface area contributed by atoms with Crippen LogP contribution in [-0.2, 0) is 4.79 Å². The Kier molecular flexibility index (Phi) is 9.72. The zero-order chi connectivity index (χ0) is 16.0. The third kappa shape index (κ3) is 6.55. The van der Waals surface area contributed by atoms with Crippen molar-refractivity contribution >= 4 is 34.2 Å². The monoisotopic (exact) mass is 392 g/mol. The summed E-state index contributed by atoms with van der Waals surface area (Å²) in [5.41, 5.74) is 6.01. The maximum Gasteiger partial charge on any atom is 0.263 e. The standard InChI is InChI=1S/C16H25BrN2O2.ClH/c1-11(2)14(18)9-10-19(4)16(20)12(3)21-15-8-6-5-7-13(15)17;/h5-8,11-12,14H,9-10,18H2,1-4H3;1H. The van der Waals surface area contributed by atoms with Gasteiger partial charge in [0.15, 0.2) is 6.10 Å². The van der Waals surface area contributed by atoms with Crippen molar-refractivity contribution in [2.75, 3.05) is 13.6 Å². The van der Waals surface area contributed by atoms with Crippen LogP contribution in [0, 0.1) is 5.92 Å². The van der Waals surface area contributed by atoms with E-state index in [-0.39, 0.29) is 24.4 Å². The van der Waals surface area contributed by atoms with Gasteiger partial charge in [-0.15, -0.1) is 12.4 Å². The van der Waals surface area contributed by atoms with E-state index in [1.165, 1.54) is 0 Å². The molecule has 22 heavy (non-hydrogen) atoms. The fraction of sp³-hybridized carbons (Fsp3) is 0.562. The van der Waals surface area contributed by atoms with E-state index in [0.717, 1.165) is 10.9 Å². The molecule has 2 N–H and O–H groups in total. The van der Waals surface area contributed by atoms with Crippen LogP contribution in [0.4, 0.5) is 0 Å².